The molecule has 2 aliphatic heterocycles. The van der Waals surface area contributed by atoms with Crippen molar-refractivity contribution in [2.75, 3.05) is 6.54 Å². The Hall–Kier alpha value is -4.82. The van der Waals surface area contributed by atoms with Gasteiger partial charge in [0.05, 0.1) is 35.4 Å². The number of ether oxygens (including phenoxy) is 1. The van der Waals surface area contributed by atoms with Crippen LogP contribution in [0.1, 0.15) is 93.9 Å². The largest absolute Gasteiger partial charge is 0.444 e. The smallest absolute Gasteiger partial charge is 0.410 e. The van der Waals surface area contributed by atoms with Gasteiger partial charge in [0.2, 0.25) is 0 Å². The van der Waals surface area contributed by atoms with Crippen molar-refractivity contribution in [2.24, 2.45) is 0 Å². The van der Waals surface area contributed by atoms with Crippen LogP contribution in [0.3, 0.4) is 0 Å². The highest BCUT2D eigenvalue weighted by Crippen LogP contribution is 2.36. The highest BCUT2D eigenvalue weighted by molar-refractivity contribution is 6.21. The lowest BCUT2D eigenvalue weighted by Gasteiger charge is -2.42. The van der Waals surface area contributed by atoms with Crippen LogP contribution in [0.5, 0.6) is 0 Å². The molecule has 1 aromatic heterocycles. The van der Waals surface area contributed by atoms with Gasteiger partial charge in [-0.1, -0.05) is 66.7 Å². The minimum absolute atomic E-state index is 0.0862. The second-order valence-electron chi connectivity index (χ2n) is 14.2. The molecule has 4 aromatic rings. The number of nitrogens with zero attached hydrogens (tertiary/aromatic N) is 4. The van der Waals surface area contributed by atoms with E-state index in [1.165, 1.54) is 16.0 Å². The number of benzene rings is 3. The normalized spacial score (nSPS) is 18.8. The lowest BCUT2D eigenvalue weighted by Crippen LogP contribution is -2.52. The number of aromatic nitrogens is 1. The van der Waals surface area contributed by atoms with Crippen molar-refractivity contribution in [2.45, 2.75) is 83.8 Å². The van der Waals surface area contributed by atoms with Crippen molar-refractivity contribution in [3.05, 3.63) is 136 Å². The predicted molar refractivity (Wildman–Crippen MR) is 183 cm³/mol. The standard InChI is InChI=1S/C40H42N4O4/c1-40(2,3)48-39(47)43-25-31-11-5-4-10-30(31)22-32(43)26-42(35-16-8-12-29-13-9-21-41-36(29)35)23-27-17-19-28(20-18-27)24-44-37(45)33-14-6-7-15-34(33)38(44)46/h4-7,9-11,13-15,17-21,32,35H,8,12,16,22-26H2,1-3H3/t32-,35+/m1/s1. The first-order chi connectivity index (χ1) is 23.1. The number of fused-ring (bicyclic) bond motifs is 3. The zero-order valence-corrected chi connectivity index (χ0v) is 27.9. The SMILES string of the molecule is CC(C)(C)OC(=O)N1Cc2ccccc2C[C@@H]1CN(Cc1ccc(CN2C(=O)c3ccccc3C2=O)cc1)[C@H]1CCCc2cccnc21. The molecule has 0 radical (unpaired) electrons. The van der Waals surface area contributed by atoms with Crippen LogP contribution in [0.25, 0.3) is 0 Å². The van der Waals surface area contributed by atoms with Gasteiger partial charge in [-0.2, -0.15) is 0 Å². The Morgan fingerprint density at radius 2 is 1.50 bits per heavy atom. The van der Waals surface area contributed by atoms with E-state index >= 15 is 0 Å². The second-order valence-corrected chi connectivity index (χ2v) is 14.2. The van der Waals surface area contributed by atoms with E-state index in [1.807, 2.05) is 56.1 Å². The Bertz CT molecular complexity index is 1810. The van der Waals surface area contributed by atoms with Crippen molar-refractivity contribution in [1.82, 2.24) is 19.7 Å². The number of amides is 3. The van der Waals surface area contributed by atoms with E-state index in [2.05, 4.69) is 41.3 Å². The molecule has 0 saturated carbocycles. The molecular weight excluding hydrogens is 600 g/mol. The molecule has 0 N–H and O–H groups in total. The Kier molecular flexibility index (Phi) is 8.60. The summed E-state index contributed by atoms with van der Waals surface area (Å²) in [6.45, 7) is 7.78. The minimum Gasteiger partial charge on any atom is -0.444 e. The molecule has 3 aromatic carbocycles. The van der Waals surface area contributed by atoms with Crippen molar-refractivity contribution in [1.29, 1.82) is 0 Å². The van der Waals surface area contributed by atoms with Crippen LogP contribution in [-0.2, 0) is 37.2 Å². The van der Waals surface area contributed by atoms with Crippen LogP contribution in [0.15, 0.2) is 91.1 Å². The summed E-state index contributed by atoms with van der Waals surface area (Å²) in [4.78, 5) is 50.2. The maximum Gasteiger partial charge on any atom is 0.410 e. The van der Waals surface area contributed by atoms with Crippen LogP contribution in [0.4, 0.5) is 4.79 Å². The van der Waals surface area contributed by atoms with Gasteiger partial charge in [0, 0.05) is 25.8 Å². The summed E-state index contributed by atoms with van der Waals surface area (Å²) in [7, 11) is 0. The number of carbonyl (C=O) groups excluding carboxylic acids is 3. The highest BCUT2D eigenvalue weighted by atomic mass is 16.6. The Labute approximate surface area is 282 Å². The molecule has 246 valence electrons. The molecule has 0 bridgehead atoms. The Morgan fingerprint density at radius 1 is 0.854 bits per heavy atom. The maximum absolute atomic E-state index is 13.7. The Balaban J connectivity index is 1.16. The fourth-order valence-electron chi connectivity index (χ4n) is 7.35. The zero-order chi connectivity index (χ0) is 33.4. The third-order valence-corrected chi connectivity index (χ3v) is 9.66. The number of hydrogen-bond acceptors (Lipinski definition) is 6. The molecule has 3 heterocycles. The number of pyridine rings is 1. The Morgan fingerprint density at radius 3 is 2.21 bits per heavy atom. The van der Waals surface area contributed by atoms with Gasteiger partial charge >= 0.3 is 6.09 Å². The minimum atomic E-state index is -0.598. The molecule has 0 saturated heterocycles. The van der Waals surface area contributed by atoms with Gasteiger partial charge in [0.25, 0.3) is 11.8 Å². The lowest BCUT2D eigenvalue weighted by atomic mass is 9.89. The summed E-state index contributed by atoms with van der Waals surface area (Å²) in [6.07, 6.45) is 5.41. The summed E-state index contributed by atoms with van der Waals surface area (Å²) in [5.74, 6) is -0.504. The van der Waals surface area contributed by atoms with E-state index in [0.29, 0.717) is 30.8 Å². The van der Waals surface area contributed by atoms with Gasteiger partial charge < -0.3 is 4.74 Å². The molecule has 7 rings (SSSR count). The van der Waals surface area contributed by atoms with Gasteiger partial charge in [-0.3, -0.25) is 29.3 Å². The first-order valence-electron chi connectivity index (χ1n) is 16.9. The van der Waals surface area contributed by atoms with Crippen molar-refractivity contribution in [3.63, 3.8) is 0 Å². The molecule has 48 heavy (non-hydrogen) atoms. The maximum atomic E-state index is 13.7. The molecule has 0 unspecified atom stereocenters. The third kappa shape index (κ3) is 6.49. The highest BCUT2D eigenvalue weighted by Gasteiger charge is 2.37. The van der Waals surface area contributed by atoms with Crippen LogP contribution < -0.4 is 0 Å². The van der Waals surface area contributed by atoms with Crippen LogP contribution >= 0.6 is 0 Å². The van der Waals surface area contributed by atoms with Gasteiger partial charge in [-0.15, -0.1) is 0 Å². The quantitative estimate of drug-likeness (QED) is 0.200. The molecule has 2 atom stereocenters. The number of carbonyl (C=O) groups is 3. The monoisotopic (exact) mass is 642 g/mol. The van der Waals surface area contributed by atoms with Crippen LogP contribution in [0, 0.1) is 0 Å². The van der Waals surface area contributed by atoms with Gasteiger partial charge in [0.1, 0.15) is 5.60 Å². The predicted octanol–water partition coefficient (Wildman–Crippen LogP) is 7.12. The first kappa shape index (κ1) is 31.8. The molecule has 8 heteroatoms. The second kappa shape index (κ2) is 13.0. The zero-order valence-electron chi connectivity index (χ0n) is 27.9. The van der Waals surface area contributed by atoms with E-state index in [-0.39, 0.29) is 36.5 Å². The van der Waals surface area contributed by atoms with Crippen LogP contribution in [0.2, 0.25) is 0 Å². The van der Waals surface area contributed by atoms with Crippen molar-refractivity contribution in [3.8, 4) is 0 Å². The third-order valence-electron chi connectivity index (χ3n) is 9.66. The van der Waals surface area contributed by atoms with Gasteiger partial charge in [-0.25, -0.2) is 4.79 Å². The average molecular weight is 643 g/mol. The van der Waals surface area contributed by atoms with E-state index in [9.17, 15) is 14.4 Å². The number of rotatable bonds is 7. The molecule has 8 nitrogen and oxygen atoms in total. The molecule has 3 aliphatic rings. The van der Waals surface area contributed by atoms with Gasteiger partial charge in [0.15, 0.2) is 0 Å². The molecule has 1 aliphatic carbocycles. The molecule has 3 amide bonds. The van der Waals surface area contributed by atoms with E-state index in [0.717, 1.165) is 48.1 Å². The number of imide groups is 1. The molecule has 0 fully saturated rings. The fraction of sp³-hybridized carbons (Fsp3) is 0.350. The first-order valence-corrected chi connectivity index (χ1v) is 16.9. The van der Waals surface area contributed by atoms with E-state index in [1.54, 1.807) is 24.3 Å². The summed E-state index contributed by atoms with van der Waals surface area (Å²) in [5, 5.41) is 0. The number of aryl methyl sites for hydroxylation is 1. The van der Waals surface area contributed by atoms with Crippen molar-refractivity contribution >= 4 is 17.9 Å². The fourth-order valence-corrected chi connectivity index (χ4v) is 7.35. The van der Waals surface area contributed by atoms with Crippen molar-refractivity contribution < 1.29 is 19.1 Å². The van der Waals surface area contributed by atoms with E-state index in [4.69, 9.17) is 9.72 Å². The van der Waals surface area contributed by atoms with Gasteiger partial charge in [-0.05, 0) is 92.5 Å². The lowest BCUT2D eigenvalue weighted by molar-refractivity contribution is 0.00398. The topological polar surface area (TPSA) is 83.0 Å². The summed E-state index contributed by atoms with van der Waals surface area (Å²) < 4.78 is 5.93. The summed E-state index contributed by atoms with van der Waals surface area (Å²) in [6, 6.07) is 27.8. The number of hydrogen-bond donors (Lipinski definition) is 0. The molecule has 0 spiro atoms. The average Bonchev–Trinajstić information content (AvgIpc) is 3.32. The van der Waals surface area contributed by atoms with E-state index < -0.39 is 5.60 Å². The summed E-state index contributed by atoms with van der Waals surface area (Å²) >= 11 is 0. The molecular formula is C40H42N4O4. The van der Waals surface area contributed by atoms with Crippen LogP contribution in [-0.4, -0.2) is 55.8 Å². The summed E-state index contributed by atoms with van der Waals surface area (Å²) in [5.41, 5.74) is 7.15.